The van der Waals surface area contributed by atoms with Gasteiger partial charge >= 0.3 is 0 Å². The maximum Gasteiger partial charge on any atom is 0.251 e. The molecule has 2 aromatic rings. The minimum absolute atomic E-state index is 0.154. The molecule has 1 amide bonds. The first-order valence-electron chi connectivity index (χ1n) is 6.79. The molecule has 0 atom stereocenters. The van der Waals surface area contributed by atoms with Gasteiger partial charge in [-0.25, -0.2) is 15.8 Å². The third kappa shape index (κ3) is 4.24. The highest BCUT2D eigenvalue weighted by molar-refractivity contribution is 7.11. The van der Waals surface area contributed by atoms with Gasteiger partial charge in [0.1, 0.15) is 10.8 Å². The van der Waals surface area contributed by atoms with Crippen LogP contribution in [0.2, 0.25) is 0 Å². The average molecular weight is 305 g/mol. The van der Waals surface area contributed by atoms with E-state index in [1.807, 2.05) is 6.92 Å². The summed E-state index contributed by atoms with van der Waals surface area (Å²) in [5, 5.41) is 3.75. The Morgan fingerprint density at radius 1 is 1.43 bits per heavy atom. The maximum absolute atomic E-state index is 12.2. The molecule has 0 radical (unpaired) electrons. The van der Waals surface area contributed by atoms with Crippen LogP contribution in [0.3, 0.4) is 0 Å². The number of carbonyl (C=O) groups is 1. The lowest BCUT2D eigenvalue weighted by Gasteiger charge is -2.08. The summed E-state index contributed by atoms with van der Waals surface area (Å²) in [6.07, 6.45) is 3.57. The Morgan fingerprint density at radius 2 is 2.24 bits per heavy atom. The quantitative estimate of drug-likeness (QED) is 0.561. The Hall–Kier alpha value is -1.99. The van der Waals surface area contributed by atoms with Crippen molar-refractivity contribution in [3.8, 4) is 0 Å². The first kappa shape index (κ1) is 15.4. The van der Waals surface area contributed by atoms with Crippen molar-refractivity contribution < 1.29 is 4.79 Å². The molecular formula is C14H19N5OS. The Morgan fingerprint density at radius 3 is 2.86 bits per heavy atom. The van der Waals surface area contributed by atoms with E-state index >= 15 is 0 Å². The standard InChI is InChI=1S/C14H19N5OS/c1-3-4-11-5-10(6-12(18-11)19-15)14(20)17-8-13-16-7-9(2)21-13/h5-7H,3-4,8,15H2,1-2H3,(H,17,20)(H,18,19). The Bertz CT molecular complexity index is 626. The van der Waals surface area contributed by atoms with Gasteiger partial charge in [-0.05, 0) is 25.5 Å². The summed E-state index contributed by atoms with van der Waals surface area (Å²) in [7, 11) is 0. The topological polar surface area (TPSA) is 92.9 Å². The van der Waals surface area contributed by atoms with Crippen molar-refractivity contribution in [1.29, 1.82) is 0 Å². The lowest BCUT2D eigenvalue weighted by Crippen LogP contribution is -2.23. The highest BCUT2D eigenvalue weighted by atomic mass is 32.1. The highest BCUT2D eigenvalue weighted by Crippen LogP contribution is 2.13. The number of nitrogen functional groups attached to an aromatic ring is 1. The van der Waals surface area contributed by atoms with Gasteiger partial charge in [0.25, 0.3) is 5.91 Å². The molecule has 0 fully saturated rings. The van der Waals surface area contributed by atoms with E-state index in [0.717, 1.165) is 28.4 Å². The van der Waals surface area contributed by atoms with Crippen LogP contribution in [0, 0.1) is 6.92 Å². The zero-order chi connectivity index (χ0) is 15.2. The molecule has 0 unspecified atom stereocenters. The summed E-state index contributed by atoms with van der Waals surface area (Å²) in [4.78, 5) is 21.9. The molecule has 6 nitrogen and oxygen atoms in total. The molecule has 7 heteroatoms. The zero-order valence-corrected chi connectivity index (χ0v) is 13.0. The van der Waals surface area contributed by atoms with Crippen molar-refractivity contribution in [3.05, 3.63) is 39.5 Å². The Balaban J connectivity index is 2.08. The number of nitrogens with zero attached hydrogens (tertiary/aromatic N) is 2. The van der Waals surface area contributed by atoms with Crippen LogP contribution in [0.5, 0.6) is 0 Å². The normalized spacial score (nSPS) is 10.4. The van der Waals surface area contributed by atoms with Crippen LogP contribution in [0.4, 0.5) is 5.82 Å². The minimum atomic E-state index is -0.154. The van der Waals surface area contributed by atoms with E-state index in [-0.39, 0.29) is 5.91 Å². The molecule has 2 aromatic heterocycles. The molecule has 0 bridgehead atoms. The summed E-state index contributed by atoms with van der Waals surface area (Å²) < 4.78 is 0. The Labute approximate surface area is 127 Å². The predicted octanol–water partition coefficient (Wildman–Crippen LogP) is 2.01. The number of thiazole rings is 1. The molecule has 0 aliphatic carbocycles. The van der Waals surface area contributed by atoms with Gasteiger partial charge in [-0.1, -0.05) is 13.3 Å². The molecule has 2 heterocycles. The van der Waals surface area contributed by atoms with Gasteiger partial charge in [0.15, 0.2) is 0 Å². The number of aryl methyl sites for hydroxylation is 2. The molecule has 112 valence electrons. The summed E-state index contributed by atoms with van der Waals surface area (Å²) in [5.41, 5.74) is 3.90. The fraction of sp³-hybridized carbons (Fsp3) is 0.357. The van der Waals surface area contributed by atoms with Crippen molar-refractivity contribution in [2.45, 2.75) is 33.2 Å². The molecule has 0 saturated carbocycles. The predicted molar refractivity (Wildman–Crippen MR) is 84.1 cm³/mol. The van der Waals surface area contributed by atoms with Crippen LogP contribution in [0.25, 0.3) is 0 Å². The number of pyridine rings is 1. The smallest absolute Gasteiger partial charge is 0.251 e. The van der Waals surface area contributed by atoms with Crippen molar-refractivity contribution in [1.82, 2.24) is 15.3 Å². The second-order valence-corrected chi connectivity index (χ2v) is 5.99. The SMILES string of the molecule is CCCc1cc(C(=O)NCc2ncc(C)s2)cc(NN)n1. The van der Waals surface area contributed by atoms with Crippen molar-refractivity contribution in [3.63, 3.8) is 0 Å². The minimum Gasteiger partial charge on any atom is -0.346 e. The molecule has 21 heavy (non-hydrogen) atoms. The van der Waals surface area contributed by atoms with Gasteiger partial charge in [0.2, 0.25) is 0 Å². The van der Waals surface area contributed by atoms with E-state index in [1.54, 1.807) is 29.7 Å². The van der Waals surface area contributed by atoms with Crippen molar-refractivity contribution >= 4 is 23.1 Å². The van der Waals surface area contributed by atoms with Gasteiger partial charge in [0, 0.05) is 22.3 Å². The molecule has 0 aliphatic heterocycles. The van der Waals surface area contributed by atoms with E-state index in [0.29, 0.717) is 17.9 Å². The Kier molecular flexibility index (Phi) is 5.24. The summed E-state index contributed by atoms with van der Waals surface area (Å²) >= 11 is 1.57. The van der Waals surface area contributed by atoms with Gasteiger partial charge < -0.3 is 10.7 Å². The van der Waals surface area contributed by atoms with E-state index in [4.69, 9.17) is 5.84 Å². The van der Waals surface area contributed by atoms with Crippen LogP contribution >= 0.6 is 11.3 Å². The number of amides is 1. The summed E-state index contributed by atoms with van der Waals surface area (Å²) in [6.45, 7) is 4.48. The number of nitrogens with one attached hydrogen (secondary N) is 2. The van der Waals surface area contributed by atoms with Crippen molar-refractivity contribution in [2.24, 2.45) is 5.84 Å². The van der Waals surface area contributed by atoms with Gasteiger partial charge in [0.05, 0.1) is 6.54 Å². The number of rotatable bonds is 6. The second-order valence-electron chi connectivity index (χ2n) is 4.67. The third-order valence-corrected chi connectivity index (χ3v) is 3.78. The number of hydrogen-bond donors (Lipinski definition) is 3. The summed E-state index contributed by atoms with van der Waals surface area (Å²) in [6, 6.07) is 3.44. The van der Waals surface area contributed by atoms with Gasteiger partial charge in [-0.15, -0.1) is 11.3 Å². The number of anilines is 1. The molecule has 0 aliphatic rings. The molecule has 0 spiro atoms. The number of carbonyl (C=O) groups excluding carboxylic acids is 1. The van der Waals surface area contributed by atoms with Crippen LogP contribution < -0.4 is 16.6 Å². The first-order valence-corrected chi connectivity index (χ1v) is 7.61. The molecule has 2 rings (SSSR count). The molecule has 0 saturated heterocycles. The highest BCUT2D eigenvalue weighted by Gasteiger charge is 2.10. The van der Waals surface area contributed by atoms with E-state index in [2.05, 4.69) is 27.6 Å². The summed E-state index contributed by atoms with van der Waals surface area (Å²) in [5.74, 6) is 5.74. The zero-order valence-electron chi connectivity index (χ0n) is 12.1. The monoisotopic (exact) mass is 305 g/mol. The largest absolute Gasteiger partial charge is 0.346 e. The number of hydrazine groups is 1. The fourth-order valence-electron chi connectivity index (χ4n) is 1.92. The van der Waals surface area contributed by atoms with Gasteiger partial charge in [-0.2, -0.15) is 0 Å². The molecule has 4 N–H and O–H groups in total. The van der Waals surface area contributed by atoms with Crippen LogP contribution in [0.15, 0.2) is 18.3 Å². The lowest BCUT2D eigenvalue weighted by atomic mass is 10.1. The van der Waals surface area contributed by atoms with Gasteiger partial charge in [-0.3, -0.25) is 4.79 Å². The average Bonchev–Trinajstić information content (AvgIpc) is 2.90. The first-order chi connectivity index (χ1) is 10.1. The number of nitrogens with two attached hydrogens (primary N) is 1. The lowest BCUT2D eigenvalue weighted by molar-refractivity contribution is 0.0950. The maximum atomic E-state index is 12.2. The van der Waals surface area contributed by atoms with E-state index < -0.39 is 0 Å². The number of hydrogen-bond acceptors (Lipinski definition) is 6. The molecule has 0 aromatic carbocycles. The molecular weight excluding hydrogens is 286 g/mol. The second kappa shape index (κ2) is 7.14. The third-order valence-electron chi connectivity index (χ3n) is 2.86. The fourth-order valence-corrected chi connectivity index (χ4v) is 2.64. The van der Waals surface area contributed by atoms with E-state index in [1.165, 1.54) is 0 Å². The van der Waals surface area contributed by atoms with Crippen molar-refractivity contribution in [2.75, 3.05) is 5.43 Å². The van der Waals surface area contributed by atoms with E-state index in [9.17, 15) is 4.79 Å². The van der Waals surface area contributed by atoms with Crippen LogP contribution in [-0.2, 0) is 13.0 Å². The van der Waals surface area contributed by atoms with Crippen LogP contribution in [-0.4, -0.2) is 15.9 Å². The number of aromatic nitrogens is 2. The van der Waals surface area contributed by atoms with Crippen LogP contribution in [0.1, 0.15) is 39.3 Å².